The fraction of sp³-hybridized carbons (Fsp3) is 0.489. The number of hydrogen-bond donors (Lipinski definition) is 2. The van der Waals surface area contributed by atoms with Gasteiger partial charge in [0.15, 0.2) is 11.6 Å². The van der Waals surface area contributed by atoms with Gasteiger partial charge in [-0.2, -0.15) is 0 Å². The smallest absolute Gasteiger partial charge is 0.226 e. The van der Waals surface area contributed by atoms with Gasteiger partial charge in [0, 0.05) is 55.9 Å². The lowest BCUT2D eigenvalue weighted by atomic mass is 9.88. The van der Waals surface area contributed by atoms with Crippen LogP contribution in [0.2, 0.25) is 0 Å². The third-order valence-corrected chi connectivity index (χ3v) is 10.8. The van der Waals surface area contributed by atoms with Crippen molar-refractivity contribution >= 4 is 35.0 Å². The summed E-state index contributed by atoms with van der Waals surface area (Å²) in [6.07, 6.45) is 4.11. The number of Topliss-reactive ketones (excluding diaryl/α,β-unsaturated/α-hetero) is 2. The Balaban J connectivity index is 1.39. The minimum Gasteiger partial charge on any atom is -0.349 e. The van der Waals surface area contributed by atoms with Crippen LogP contribution in [0.4, 0.5) is 10.1 Å². The molecule has 0 spiro atoms. The number of carbonyl (C=O) groups excluding carboxylic acids is 5. The quantitative estimate of drug-likeness (QED) is 0.139. The van der Waals surface area contributed by atoms with Gasteiger partial charge in [-0.25, -0.2) is 4.39 Å². The van der Waals surface area contributed by atoms with E-state index in [9.17, 15) is 28.4 Å². The molecule has 1 fully saturated rings. The van der Waals surface area contributed by atoms with E-state index in [1.807, 2.05) is 69.9 Å². The van der Waals surface area contributed by atoms with Gasteiger partial charge in [-0.15, -0.1) is 0 Å². The molecule has 1 aliphatic heterocycles. The van der Waals surface area contributed by atoms with Gasteiger partial charge >= 0.3 is 0 Å². The number of unbranched alkanes of at least 4 members (excludes halogenated alkanes) is 1. The summed E-state index contributed by atoms with van der Waals surface area (Å²) in [6.45, 7) is 10.5. The summed E-state index contributed by atoms with van der Waals surface area (Å²) in [6, 6.07) is 18.8. The van der Waals surface area contributed by atoms with Crippen LogP contribution in [0.5, 0.6) is 0 Å². The Morgan fingerprint density at radius 3 is 2.11 bits per heavy atom. The van der Waals surface area contributed by atoms with Crippen LogP contribution in [0.25, 0.3) is 0 Å². The van der Waals surface area contributed by atoms with E-state index in [-0.39, 0.29) is 61.1 Å². The van der Waals surface area contributed by atoms with Gasteiger partial charge in [0.25, 0.3) is 0 Å². The number of nitrogens with one attached hydrogen (secondary N) is 1. The average molecular weight is 755 g/mol. The zero-order chi connectivity index (χ0) is 40.1. The molecule has 10 heteroatoms. The maximum atomic E-state index is 14.1. The Morgan fingerprint density at radius 1 is 0.873 bits per heavy atom. The molecule has 55 heavy (non-hydrogen) atoms. The fourth-order valence-corrected chi connectivity index (χ4v) is 7.79. The minimum absolute atomic E-state index is 0.0155. The number of rotatable bonds is 19. The third kappa shape index (κ3) is 12.4. The predicted octanol–water partition coefficient (Wildman–Crippen LogP) is 6.75. The number of ketones is 2. The van der Waals surface area contributed by atoms with Gasteiger partial charge in [-0.3, -0.25) is 24.0 Å². The van der Waals surface area contributed by atoms with E-state index < -0.39 is 23.7 Å². The van der Waals surface area contributed by atoms with E-state index in [1.54, 1.807) is 17.0 Å². The van der Waals surface area contributed by atoms with Crippen molar-refractivity contribution in [3.05, 3.63) is 100 Å². The van der Waals surface area contributed by atoms with Crippen molar-refractivity contribution in [2.75, 3.05) is 24.5 Å². The lowest BCUT2D eigenvalue weighted by Crippen LogP contribution is -2.50. The molecule has 0 aliphatic carbocycles. The van der Waals surface area contributed by atoms with Gasteiger partial charge in [0.05, 0.1) is 12.6 Å². The third-order valence-electron chi connectivity index (χ3n) is 10.8. The number of nitrogens with zero attached hydrogens (tertiary/aromatic N) is 2. The molecule has 1 aliphatic rings. The normalized spacial score (nSPS) is 14.9. The van der Waals surface area contributed by atoms with Crippen molar-refractivity contribution in [1.82, 2.24) is 10.2 Å². The first-order valence-electron chi connectivity index (χ1n) is 19.9. The Bertz CT molecular complexity index is 1750. The molecule has 3 amide bonds. The summed E-state index contributed by atoms with van der Waals surface area (Å²) in [5, 5.41) is 2.76. The molecule has 0 aromatic heterocycles. The van der Waals surface area contributed by atoms with E-state index in [1.165, 1.54) is 12.1 Å². The minimum atomic E-state index is -0.754. The number of carbonyl (C=O) groups is 5. The van der Waals surface area contributed by atoms with Gasteiger partial charge in [0.1, 0.15) is 5.82 Å². The van der Waals surface area contributed by atoms with Crippen LogP contribution in [0.1, 0.15) is 93.0 Å². The van der Waals surface area contributed by atoms with Gasteiger partial charge in [0.2, 0.25) is 17.7 Å². The van der Waals surface area contributed by atoms with Crippen molar-refractivity contribution in [2.45, 2.75) is 111 Å². The van der Waals surface area contributed by atoms with Crippen LogP contribution < -0.4 is 16.0 Å². The monoisotopic (exact) mass is 754 g/mol. The van der Waals surface area contributed by atoms with Gasteiger partial charge in [-0.05, 0) is 99.4 Å². The summed E-state index contributed by atoms with van der Waals surface area (Å²) >= 11 is 0. The standard InChI is InChI=1S/C45H59FN4O5/c1-6-8-12-34(27-42(52)41(47)28-40-31(4)23-30(3)24-32(40)5)44(54)48-29-39(51)26-35(25-33-15-17-36(46)18-16-33)45(55)49-21-19-38(20-22-49)50(43(53)7-2)37-13-10-9-11-14-37/h9-11,13-18,23-24,34-35,38,41H,6-8,12,19-22,25-29,47H2,1-5H3,(H,48,54)/t34-,35?,41?/m1/s1. The van der Waals surface area contributed by atoms with Gasteiger partial charge < -0.3 is 20.9 Å². The molecule has 3 aromatic carbocycles. The second-order valence-electron chi connectivity index (χ2n) is 15.2. The molecule has 3 atom stereocenters. The Morgan fingerprint density at radius 2 is 1.51 bits per heavy atom. The highest BCUT2D eigenvalue weighted by molar-refractivity contribution is 5.94. The highest BCUT2D eigenvalue weighted by Gasteiger charge is 2.34. The number of aryl methyl sites for hydroxylation is 3. The van der Waals surface area contributed by atoms with Crippen LogP contribution in [-0.2, 0) is 36.8 Å². The van der Waals surface area contributed by atoms with Crippen molar-refractivity contribution < 1.29 is 28.4 Å². The van der Waals surface area contributed by atoms with Crippen LogP contribution >= 0.6 is 0 Å². The molecule has 296 valence electrons. The molecule has 0 radical (unpaired) electrons. The number of amides is 3. The molecular formula is C45H59FN4O5. The van der Waals surface area contributed by atoms with Crippen molar-refractivity contribution in [1.29, 1.82) is 0 Å². The summed E-state index contributed by atoms with van der Waals surface area (Å²) in [5.74, 6) is -2.79. The number of benzene rings is 3. The Labute approximate surface area is 326 Å². The summed E-state index contributed by atoms with van der Waals surface area (Å²) < 4.78 is 13.8. The number of nitrogens with two attached hydrogens (primary N) is 1. The number of anilines is 1. The highest BCUT2D eigenvalue weighted by atomic mass is 19.1. The fourth-order valence-electron chi connectivity index (χ4n) is 7.79. The van der Waals surface area contributed by atoms with E-state index in [0.717, 1.165) is 46.3 Å². The number of hydrogen-bond acceptors (Lipinski definition) is 6. The van der Waals surface area contributed by atoms with E-state index >= 15 is 0 Å². The van der Waals surface area contributed by atoms with Crippen LogP contribution in [0, 0.1) is 38.4 Å². The van der Waals surface area contributed by atoms with Crippen molar-refractivity contribution in [3.8, 4) is 0 Å². The predicted molar refractivity (Wildman–Crippen MR) is 215 cm³/mol. The summed E-state index contributed by atoms with van der Waals surface area (Å²) in [5.41, 5.74) is 12.3. The molecule has 3 aromatic rings. The zero-order valence-corrected chi connectivity index (χ0v) is 33.2. The maximum absolute atomic E-state index is 14.1. The summed E-state index contributed by atoms with van der Waals surface area (Å²) in [7, 11) is 0. The van der Waals surface area contributed by atoms with Crippen molar-refractivity contribution in [3.63, 3.8) is 0 Å². The van der Waals surface area contributed by atoms with Crippen molar-refractivity contribution in [2.24, 2.45) is 17.6 Å². The van der Waals surface area contributed by atoms with E-state index in [2.05, 4.69) is 17.4 Å². The SMILES string of the molecule is CCCC[C@H](CC(=O)C(N)Cc1c(C)cc(C)cc1C)C(=O)NCC(=O)CC(Cc1ccc(F)cc1)C(=O)N1CCC(N(C(=O)CC)c2ccccc2)CC1. The number of para-hydroxylation sites is 1. The largest absolute Gasteiger partial charge is 0.349 e. The van der Waals surface area contributed by atoms with Crippen LogP contribution in [-0.4, -0.2) is 65.9 Å². The number of likely N-dealkylation sites (tertiary alicyclic amines) is 1. The molecule has 0 saturated carbocycles. The lowest BCUT2D eigenvalue weighted by molar-refractivity contribution is -0.139. The molecule has 0 bridgehead atoms. The number of piperidine rings is 1. The summed E-state index contributed by atoms with van der Waals surface area (Å²) in [4.78, 5) is 70.9. The molecule has 1 saturated heterocycles. The zero-order valence-electron chi connectivity index (χ0n) is 33.2. The first kappa shape index (κ1) is 43.0. The topological polar surface area (TPSA) is 130 Å². The first-order valence-corrected chi connectivity index (χ1v) is 19.9. The van der Waals surface area contributed by atoms with E-state index in [4.69, 9.17) is 5.73 Å². The second kappa shape index (κ2) is 20.8. The molecule has 3 N–H and O–H groups in total. The molecule has 2 unspecified atom stereocenters. The van der Waals surface area contributed by atoms with Crippen LogP contribution in [0.15, 0.2) is 66.7 Å². The van der Waals surface area contributed by atoms with Gasteiger partial charge in [-0.1, -0.05) is 74.7 Å². The average Bonchev–Trinajstić information content (AvgIpc) is 3.17. The molecule has 1 heterocycles. The first-order chi connectivity index (χ1) is 26.3. The highest BCUT2D eigenvalue weighted by Crippen LogP contribution is 2.27. The van der Waals surface area contributed by atoms with E-state index in [0.29, 0.717) is 45.2 Å². The lowest BCUT2D eigenvalue weighted by Gasteiger charge is -2.39. The molecule has 4 rings (SSSR count). The van der Waals surface area contributed by atoms with Crippen LogP contribution in [0.3, 0.4) is 0 Å². The Hall–Kier alpha value is -4.70. The Kier molecular flexibility index (Phi) is 16.3. The molecular weight excluding hydrogens is 696 g/mol. The number of halogens is 1. The second-order valence-corrected chi connectivity index (χ2v) is 15.2. The maximum Gasteiger partial charge on any atom is 0.226 e. The molecule has 9 nitrogen and oxygen atoms in total.